The van der Waals surface area contributed by atoms with E-state index in [2.05, 4.69) is 34.3 Å². The Morgan fingerprint density at radius 1 is 1.00 bits per heavy atom. The molecule has 7 nitrogen and oxygen atoms in total. The predicted octanol–water partition coefficient (Wildman–Crippen LogP) is 2.50. The van der Waals surface area contributed by atoms with Gasteiger partial charge in [0, 0.05) is 51.0 Å². The van der Waals surface area contributed by atoms with E-state index in [1.807, 2.05) is 18.2 Å². The van der Waals surface area contributed by atoms with Gasteiger partial charge in [0.25, 0.3) is 0 Å². The minimum atomic E-state index is 0.700. The van der Waals surface area contributed by atoms with E-state index in [4.69, 9.17) is 14.5 Å². The lowest BCUT2D eigenvalue weighted by atomic mass is 10.2. The molecule has 158 valence electrons. The summed E-state index contributed by atoms with van der Waals surface area (Å²) in [6.07, 6.45) is 2.28. The molecular weight excluding hydrogens is 354 g/mol. The zero-order valence-electron chi connectivity index (χ0n) is 18.0. The van der Waals surface area contributed by atoms with Crippen molar-refractivity contribution in [1.82, 2.24) is 15.1 Å². The van der Waals surface area contributed by atoms with Crippen molar-refractivity contribution in [2.45, 2.75) is 26.7 Å². The minimum Gasteiger partial charge on any atom is -0.493 e. The van der Waals surface area contributed by atoms with Gasteiger partial charge in [-0.15, -0.1) is 0 Å². The number of nitrogens with one attached hydrogen (secondary N) is 2. The van der Waals surface area contributed by atoms with Gasteiger partial charge in [0.1, 0.15) is 0 Å². The van der Waals surface area contributed by atoms with Gasteiger partial charge in [-0.3, -0.25) is 4.99 Å². The fourth-order valence-electron chi connectivity index (χ4n) is 3.32. The summed E-state index contributed by atoms with van der Waals surface area (Å²) < 4.78 is 10.7. The van der Waals surface area contributed by atoms with Crippen LogP contribution in [-0.2, 0) is 0 Å². The average Bonchev–Trinajstić information content (AvgIpc) is 2.73. The van der Waals surface area contributed by atoms with Gasteiger partial charge in [-0.25, -0.2) is 0 Å². The molecule has 1 aliphatic rings. The van der Waals surface area contributed by atoms with Crippen LogP contribution < -0.4 is 20.1 Å². The zero-order valence-corrected chi connectivity index (χ0v) is 18.0. The number of ether oxygens (including phenoxy) is 2. The molecule has 0 bridgehead atoms. The molecule has 0 saturated carbocycles. The predicted molar refractivity (Wildman–Crippen MR) is 117 cm³/mol. The monoisotopic (exact) mass is 391 g/mol. The van der Waals surface area contributed by atoms with Crippen LogP contribution in [0.5, 0.6) is 11.5 Å². The van der Waals surface area contributed by atoms with Crippen LogP contribution in [0, 0.1) is 0 Å². The van der Waals surface area contributed by atoms with Gasteiger partial charge in [0.15, 0.2) is 17.5 Å². The number of rotatable bonds is 10. The second-order valence-corrected chi connectivity index (χ2v) is 6.94. The van der Waals surface area contributed by atoms with Crippen molar-refractivity contribution in [2.24, 2.45) is 4.99 Å². The topological polar surface area (TPSA) is 61.4 Å². The summed E-state index contributed by atoms with van der Waals surface area (Å²) in [7, 11) is 3.28. The number of unbranched alkanes of at least 4 members (excludes halogenated alkanes) is 1. The van der Waals surface area contributed by atoms with E-state index in [1.54, 1.807) is 14.2 Å². The summed E-state index contributed by atoms with van der Waals surface area (Å²) in [4.78, 5) is 9.80. The molecule has 1 fully saturated rings. The Labute approximate surface area is 170 Å². The molecule has 0 atom stereocenters. The lowest BCUT2D eigenvalue weighted by molar-refractivity contribution is 0.136. The third-order valence-electron chi connectivity index (χ3n) is 5.05. The second kappa shape index (κ2) is 12.5. The third kappa shape index (κ3) is 7.20. The van der Waals surface area contributed by atoms with E-state index in [0.717, 1.165) is 36.9 Å². The van der Waals surface area contributed by atoms with Crippen molar-refractivity contribution in [2.75, 3.05) is 71.9 Å². The number of guanidine groups is 1. The van der Waals surface area contributed by atoms with E-state index in [0.29, 0.717) is 5.75 Å². The summed E-state index contributed by atoms with van der Waals surface area (Å²) in [5.41, 5.74) is 0.922. The van der Waals surface area contributed by atoms with Crippen LogP contribution >= 0.6 is 0 Å². The highest BCUT2D eigenvalue weighted by molar-refractivity contribution is 5.93. The molecule has 0 radical (unpaired) electrons. The Balaban J connectivity index is 1.77. The van der Waals surface area contributed by atoms with Crippen molar-refractivity contribution < 1.29 is 9.47 Å². The maximum atomic E-state index is 5.37. The molecule has 1 saturated heterocycles. The van der Waals surface area contributed by atoms with Crippen LogP contribution in [-0.4, -0.2) is 82.3 Å². The van der Waals surface area contributed by atoms with Crippen LogP contribution in [0.1, 0.15) is 26.7 Å². The maximum Gasteiger partial charge on any atom is 0.195 e. The lowest BCUT2D eigenvalue weighted by Crippen LogP contribution is -2.46. The first kappa shape index (κ1) is 22.3. The van der Waals surface area contributed by atoms with E-state index >= 15 is 0 Å². The number of anilines is 1. The Morgan fingerprint density at radius 2 is 1.71 bits per heavy atom. The number of piperazine rings is 1. The van der Waals surface area contributed by atoms with E-state index in [-0.39, 0.29) is 0 Å². The van der Waals surface area contributed by atoms with Crippen LogP contribution in [0.4, 0.5) is 5.69 Å². The Morgan fingerprint density at radius 3 is 2.36 bits per heavy atom. The highest BCUT2D eigenvalue weighted by atomic mass is 16.5. The molecule has 28 heavy (non-hydrogen) atoms. The largest absolute Gasteiger partial charge is 0.493 e. The fourth-order valence-corrected chi connectivity index (χ4v) is 3.32. The average molecular weight is 392 g/mol. The number of nitrogens with zero attached hydrogens (tertiary/aromatic N) is 3. The first-order chi connectivity index (χ1) is 13.7. The van der Waals surface area contributed by atoms with Gasteiger partial charge in [0.2, 0.25) is 0 Å². The molecule has 0 aliphatic carbocycles. The molecular formula is C21H37N5O2. The normalized spacial score (nSPS) is 16.1. The fraction of sp³-hybridized carbons (Fsp3) is 0.667. The molecule has 0 aromatic heterocycles. The summed E-state index contributed by atoms with van der Waals surface area (Å²) in [6.45, 7) is 13.1. The van der Waals surface area contributed by atoms with Gasteiger partial charge in [-0.2, -0.15) is 0 Å². The van der Waals surface area contributed by atoms with Crippen LogP contribution in [0.3, 0.4) is 0 Å². The number of likely N-dealkylation sites (N-methyl/N-ethyl adjacent to an activating group) is 1. The number of methoxy groups -OCH3 is 2. The first-order valence-electron chi connectivity index (χ1n) is 10.4. The van der Waals surface area contributed by atoms with Gasteiger partial charge in [0.05, 0.1) is 14.2 Å². The Bertz CT molecular complexity index is 600. The lowest BCUT2D eigenvalue weighted by Gasteiger charge is -2.33. The molecule has 1 aliphatic heterocycles. The first-order valence-corrected chi connectivity index (χ1v) is 10.4. The van der Waals surface area contributed by atoms with E-state index in [1.165, 1.54) is 45.7 Å². The SMILES string of the molecule is CCNC(=NCCCCN1CCN(CC)CC1)Nc1ccc(OC)c(OC)c1. The molecule has 1 aromatic rings. The van der Waals surface area contributed by atoms with Gasteiger partial charge < -0.3 is 29.9 Å². The smallest absolute Gasteiger partial charge is 0.195 e. The summed E-state index contributed by atoms with van der Waals surface area (Å²) in [5.74, 6) is 2.22. The van der Waals surface area contributed by atoms with Crippen molar-refractivity contribution in [3.05, 3.63) is 18.2 Å². The van der Waals surface area contributed by atoms with Gasteiger partial charge in [-0.05, 0) is 45.0 Å². The van der Waals surface area contributed by atoms with Crippen molar-refractivity contribution in [3.63, 3.8) is 0 Å². The summed E-state index contributed by atoms with van der Waals surface area (Å²) in [5, 5.41) is 6.64. The van der Waals surface area contributed by atoms with Crippen molar-refractivity contribution in [1.29, 1.82) is 0 Å². The van der Waals surface area contributed by atoms with Gasteiger partial charge >= 0.3 is 0 Å². The van der Waals surface area contributed by atoms with Gasteiger partial charge in [-0.1, -0.05) is 6.92 Å². The third-order valence-corrected chi connectivity index (χ3v) is 5.05. The Hall–Kier alpha value is -1.99. The molecule has 1 heterocycles. The number of hydrogen-bond donors (Lipinski definition) is 2. The maximum absolute atomic E-state index is 5.37. The number of aliphatic imine (C=N–C) groups is 1. The molecule has 2 N–H and O–H groups in total. The highest BCUT2D eigenvalue weighted by Crippen LogP contribution is 2.29. The standard InChI is InChI=1S/C21H37N5O2/c1-5-22-21(24-18-9-10-19(27-3)20(17-18)28-4)23-11-7-8-12-26-15-13-25(6-2)14-16-26/h9-10,17H,5-8,11-16H2,1-4H3,(H2,22,23,24). The van der Waals surface area contributed by atoms with E-state index < -0.39 is 0 Å². The molecule has 7 heteroatoms. The highest BCUT2D eigenvalue weighted by Gasteiger charge is 2.14. The molecule has 0 amide bonds. The van der Waals surface area contributed by atoms with Crippen molar-refractivity contribution >= 4 is 11.6 Å². The van der Waals surface area contributed by atoms with E-state index in [9.17, 15) is 0 Å². The van der Waals surface area contributed by atoms with Crippen LogP contribution in [0.25, 0.3) is 0 Å². The molecule has 1 aromatic carbocycles. The van der Waals surface area contributed by atoms with Crippen LogP contribution in [0.2, 0.25) is 0 Å². The van der Waals surface area contributed by atoms with Crippen LogP contribution in [0.15, 0.2) is 23.2 Å². The Kier molecular flexibility index (Phi) is 9.93. The zero-order chi connectivity index (χ0) is 20.2. The molecule has 0 spiro atoms. The van der Waals surface area contributed by atoms with Crippen molar-refractivity contribution in [3.8, 4) is 11.5 Å². The summed E-state index contributed by atoms with van der Waals surface area (Å²) in [6, 6.07) is 5.77. The number of benzene rings is 1. The summed E-state index contributed by atoms with van der Waals surface area (Å²) >= 11 is 0. The minimum absolute atomic E-state index is 0.700. The molecule has 2 rings (SSSR count). The number of hydrogen-bond acceptors (Lipinski definition) is 5. The molecule has 0 unspecified atom stereocenters. The quantitative estimate of drug-likeness (QED) is 0.363. The second-order valence-electron chi connectivity index (χ2n) is 6.94.